The summed E-state index contributed by atoms with van der Waals surface area (Å²) in [7, 11) is -3.64. The average molecular weight is 429 g/mol. The summed E-state index contributed by atoms with van der Waals surface area (Å²) < 4.78 is 27.1. The third-order valence-electron chi connectivity index (χ3n) is 5.57. The molecule has 0 aromatic heterocycles. The van der Waals surface area contributed by atoms with Crippen LogP contribution in [0.5, 0.6) is 0 Å². The van der Waals surface area contributed by atoms with E-state index in [1.54, 1.807) is 0 Å². The molecule has 1 fully saturated rings. The standard InChI is InChI=1S/C23H28N2O4S/c1-16(2)18-4-8-21(9-5-18)24-23(27)20-12-14-25(15-13-20)30(28,29)22-10-6-19(7-11-22)17(3)26/h4-11,16,20H,12-15H2,1-3H3,(H,24,27). The van der Waals surface area contributed by atoms with Crippen molar-refractivity contribution in [1.29, 1.82) is 0 Å². The first-order chi connectivity index (χ1) is 14.2. The SMILES string of the molecule is CC(=O)c1ccc(S(=O)(=O)N2CCC(C(=O)Nc3ccc(C(C)C)cc3)CC2)cc1. The van der Waals surface area contributed by atoms with Gasteiger partial charge in [-0.25, -0.2) is 8.42 Å². The van der Waals surface area contributed by atoms with Gasteiger partial charge in [0.1, 0.15) is 0 Å². The summed E-state index contributed by atoms with van der Waals surface area (Å²) in [6.07, 6.45) is 0.946. The number of ketones is 1. The van der Waals surface area contributed by atoms with Gasteiger partial charge in [-0.15, -0.1) is 0 Å². The maximum atomic E-state index is 12.9. The second-order valence-corrected chi connectivity index (χ2v) is 9.96. The van der Waals surface area contributed by atoms with Crippen LogP contribution in [0.1, 0.15) is 55.5 Å². The van der Waals surface area contributed by atoms with E-state index < -0.39 is 10.0 Å². The molecule has 0 aliphatic carbocycles. The van der Waals surface area contributed by atoms with Crippen molar-refractivity contribution in [2.24, 2.45) is 5.92 Å². The Labute approximate surface area is 178 Å². The molecule has 1 aliphatic rings. The van der Waals surface area contributed by atoms with Gasteiger partial charge in [-0.3, -0.25) is 9.59 Å². The Bertz CT molecular complexity index is 1000. The summed E-state index contributed by atoms with van der Waals surface area (Å²) in [6.45, 7) is 6.26. The summed E-state index contributed by atoms with van der Waals surface area (Å²) in [6, 6.07) is 13.8. The molecule has 1 saturated heterocycles. The van der Waals surface area contributed by atoms with Gasteiger partial charge >= 0.3 is 0 Å². The van der Waals surface area contributed by atoms with Gasteiger partial charge in [0, 0.05) is 30.3 Å². The molecule has 2 aromatic carbocycles. The second-order valence-electron chi connectivity index (χ2n) is 8.02. The lowest BCUT2D eigenvalue weighted by molar-refractivity contribution is -0.120. The van der Waals surface area contributed by atoms with Crippen molar-refractivity contribution >= 4 is 27.4 Å². The van der Waals surface area contributed by atoms with Crippen molar-refractivity contribution in [3.8, 4) is 0 Å². The number of piperidine rings is 1. The fourth-order valence-corrected chi connectivity index (χ4v) is 5.03. The molecule has 160 valence electrons. The fraction of sp³-hybridized carbons (Fsp3) is 0.391. The predicted octanol–water partition coefficient (Wildman–Crippen LogP) is 4.05. The molecular formula is C23H28N2O4S. The van der Waals surface area contributed by atoms with Crippen LogP contribution in [-0.4, -0.2) is 37.5 Å². The molecule has 0 bridgehead atoms. The van der Waals surface area contributed by atoms with Gasteiger partial charge in [-0.1, -0.05) is 38.1 Å². The Morgan fingerprint density at radius 1 is 0.967 bits per heavy atom. The van der Waals surface area contributed by atoms with Crippen LogP contribution in [0.15, 0.2) is 53.4 Å². The van der Waals surface area contributed by atoms with Crippen molar-refractivity contribution in [3.05, 3.63) is 59.7 Å². The number of nitrogens with one attached hydrogen (secondary N) is 1. The molecule has 1 heterocycles. The van der Waals surface area contributed by atoms with Crippen LogP contribution >= 0.6 is 0 Å². The minimum atomic E-state index is -3.64. The number of carbonyl (C=O) groups excluding carboxylic acids is 2. The maximum absolute atomic E-state index is 12.9. The van der Waals surface area contributed by atoms with Crippen LogP contribution in [0.4, 0.5) is 5.69 Å². The van der Waals surface area contributed by atoms with Gasteiger partial charge in [0.25, 0.3) is 0 Å². The van der Waals surface area contributed by atoms with Gasteiger partial charge in [0.2, 0.25) is 15.9 Å². The summed E-state index contributed by atoms with van der Waals surface area (Å²) in [5.74, 6) is 0.0285. The average Bonchev–Trinajstić information content (AvgIpc) is 2.74. The Balaban J connectivity index is 1.59. The molecule has 0 unspecified atom stereocenters. The van der Waals surface area contributed by atoms with Gasteiger partial charge in [0.15, 0.2) is 5.78 Å². The van der Waals surface area contributed by atoms with Crippen molar-refractivity contribution in [2.45, 2.75) is 44.4 Å². The van der Waals surface area contributed by atoms with Crippen LogP contribution in [0.2, 0.25) is 0 Å². The zero-order valence-corrected chi connectivity index (χ0v) is 18.4. The first kappa shape index (κ1) is 22.2. The third-order valence-corrected chi connectivity index (χ3v) is 7.48. The zero-order chi connectivity index (χ0) is 21.9. The van der Waals surface area contributed by atoms with Gasteiger partial charge in [-0.2, -0.15) is 4.31 Å². The predicted molar refractivity (Wildman–Crippen MR) is 117 cm³/mol. The number of hydrogen-bond acceptors (Lipinski definition) is 4. The van der Waals surface area contributed by atoms with Crippen molar-refractivity contribution in [3.63, 3.8) is 0 Å². The smallest absolute Gasteiger partial charge is 0.243 e. The molecule has 6 nitrogen and oxygen atoms in total. The second kappa shape index (κ2) is 9.10. The van der Waals surface area contributed by atoms with E-state index in [1.807, 2.05) is 24.3 Å². The number of amides is 1. The van der Waals surface area contributed by atoms with Gasteiger partial charge in [-0.05, 0) is 55.5 Å². The van der Waals surface area contributed by atoms with Crippen LogP contribution in [0.3, 0.4) is 0 Å². The first-order valence-electron chi connectivity index (χ1n) is 10.2. The lowest BCUT2D eigenvalue weighted by atomic mass is 9.97. The quantitative estimate of drug-likeness (QED) is 0.704. The molecule has 2 aromatic rings. The Hall–Kier alpha value is -2.51. The lowest BCUT2D eigenvalue weighted by Gasteiger charge is -2.30. The van der Waals surface area contributed by atoms with E-state index >= 15 is 0 Å². The Morgan fingerprint density at radius 3 is 2.03 bits per heavy atom. The lowest BCUT2D eigenvalue weighted by Crippen LogP contribution is -2.41. The molecule has 3 rings (SSSR count). The van der Waals surface area contributed by atoms with E-state index in [0.717, 1.165) is 5.69 Å². The number of carbonyl (C=O) groups is 2. The number of anilines is 1. The van der Waals surface area contributed by atoms with E-state index in [-0.39, 0.29) is 22.5 Å². The summed E-state index contributed by atoms with van der Waals surface area (Å²) >= 11 is 0. The molecule has 1 amide bonds. The topological polar surface area (TPSA) is 83.6 Å². The fourth-order valence-electron chi connectivity index (χ4n) is 3.56. The van der Waals surface area contributed by atoms with E-state index in [4.69, 9.17) is 0 Å². The Kier molecular flexibility index (Phi) is 6.73. The van der Waals surface area contributed by atoms with Crippen molar-refractivity contribution in [2.75, 3.05) is 18.4 Å². The third kappa shape index (κ3) is 4.96. The highest BCUT2D eigenvalue weighted by Gasteiger charge is 2.32. The number of nitrogens with zero attached hydrogens (tertiary/aromatic N) is 1. The van der Waals surface area contributed by atoms with Gasteiger partial charge in [0.05, 0.1) is 4.90 Å². The van der Waals surface area contributed by atoms with Crippen molar-refractivity contribution in [1.82, 2.24) is 4.31 Å². The number of benzene rings is 2. The molecule has 30 heavy (non-hydrogen) atoms. The largest absolute Gasteiger partial charge is 0.326 e. The summed E-state index contributed by atoms with van der Waals surface area (Å²) in [4.78, 5) is 24.2. The first-order valence-corrected chi connectivity index (χ1v) is 11.6. The number of rotatable bonds is 6. The molecule has 1 N–H and O–H groups in total. The van der Waals surface area contributed by atoms with Crippen LogP contribution in [0.25, 0.3) is 0 Å². The number of sulfonamides is 1. The van der Waals surface area contributed by atoms with E-state index in [9.17, 15) is 18.0 Å². The highest BCUT2D eigenvalue weighted by atomic mass is 32.2. The molecule has 7 heteroatoms. The highest BCUT2D eigenvalue weighted by Crippen LogP contribution is 2.25. The van der Waals surface area contributed by atoms with E-state index in [1.165, 1.54) is 41.1 Å². The van der Waals surface area contributed by atoms with Crippen LogP contribution in [0, 0.1) is 5.92 Å². The zero-order valence-electron chi connectivity index (χ0n) is 17.6. The monoisotopic (exact) mass is 428 g/mol. The molecule has 0 spiro atoms. The molecule has 1 aliphatic heterocycles. The summed E-state index contributed by atoms with van der Waals surface area (Å²) in [5, 5.41) is 2.94. The van der Waals surface area contributed by atoms with Gasteiger partial charge < -0.3 is 5.32 Å². The molecule has 0 saturated carbocycles. The van der Waals surface area contributed by atoms with E-state index in [2.05, 4.69) is 19.2 Å². The molecular weight excluding hydrogens is 400 g/mol. The molecule has 0 radical (unpaired) electrons. The number of hydrogen-bond donors (Lipinski definition) is 1. The number of Topliss-reactive ketones (excluding diaryl/α,β-unsaturated/α-hetero) is 1. The minimum Gasteiger partial charge on any atom is -0.326 e. The normalized spacial score (nSPS) is 15.9. The van der Waals surface area contributed by atoms with E-state index in [0.29, 0.717) is 37.4 Å². The summed E-state index contributed by atoms with van der Waals surface area (Å²) in [5.41, 5.74) is 2.44. The van der Waals surface area contributed by atoms with Crippen molar-refractivity contribution < 1.29 is 18.0 Å². The Morgan fingerprint density at radius 2 is 1.53 bits per heavy atom. The minimum absolute atomic E-state index is 0.0739. The molecule has 0 atom stereocenters. The maximum Gasteiger partial charge on any atom is 0.243 e. The van der Waals surface area contributed by atoms with Crippen LogP contribution < -0.4 is 5.32 Å². The van der Waals surface area contributed by atoms with Crippen LogP contribution in [-0.2, 0) is 14.8 Å². The highest BCUT2D eigenvalue weighted by molar-refractivity contribution is 7.89.